The van der Waals surface area contributed by atoms with Gasteiger partial charge in [0.2, 0.25) is 5.95 Å². The minimum Gasteiger partial charge on any atom is -0.494 e. The number of fused-ring (bicyclic) bond motifs is 1. The highest BCUT2D eigenvalue weighted by Crippen LogP contribution is 2.37. The molecular weight excluding hydrogens is 584 g/mol. The van der Waals surface area contributed by atoms with E-state index in [4.69, 9.17) is 9.72 Å². The number of nitrogens with one attached hydrogen (secondary N) is 2. The van der Waals surface area contributed by atoms with Gasteiger partial charge in [0.15, 0.2) is 0 Å². The third kappa shape index (κ3) is 6.87. The smallest absolute Gasteiger partial charge is 0.229 e. The molecule has 0 saturated carbocycles. The van der Waals surface area contributed by atoms with E-state index in [9.17, 15) is 0 Å². The number of benzene rings is 2. The maximum absolute atomic E-state index is 5.85. The van der Waals surface area contributed by atoms with Gasteiger partial charge in [0.25, 0.3) is 0 Å². The van der Waals surface area contributed by atoms with Crippen LogP contribution in [0.2, 0.25) is 0 Å². The summed E-state index contributed by atoms with van der Waals surface area (Å²) in [6.45, 7) is 8.91. The van der Waals surface area contributed by atoms with E-state index < -0.39 is 0 Å². The molecule has 45 heavy (non-hydrogen) atoms. The number of nitrogens with zero attached hydrogens (tertiary/aromatic N) is 8. The Morgan fingerprint density at radius 3 is 2.44 bits per heavy atom. The number of anilines is 6. The first-order valence-corrected chi connectivity index (χ1v) is 16.9. The molecule has 2 aliphatic rings. The van der Waals surface area contributed by atoms with Gasteiger partial charge in [-0.1, -0.05) is 18.9 Å². The summed E-state index contributed by atoms with van der Waals surface area (Å²) in [6.07, 6.45) is 10.5. The van der Waals surface area contributed by atoms with E-state index in [1.807, 2.05) is 31.6 Å². The van der Waals surface area contributed by atoms with Crippen molar-refractivity contribution in [3.63, 3.8) is 0 Å². The highest BCUT2D eigenvalue weighted by atomic mass is 32.2. The van der Waals surface area contributed by atoms with Crippen molar-refractivity contribution in [1.29, 1.82) is 0 Å². The molecule has 2 aromatic carbocycles. The lowest BCUT2D eigenvalue weighted by Gasteiger charge is -2.42. The molecule has 11 nitrogen and oxygen atoms in total. The van der Waals surface area contributed by atoms with Gasteiger partial charge in [-0.3, -0.25) is 14.9 Å². The second-order valence-electron chi connectivity index (χ2n) is 11.7. The van der Waals surface area contributed by atoms with Crippen LogP contribution in [0.5, 0.6) is 5.75 Å². The lowest BCUT2D eigenvalue weighted by molar-refractivity contribution is 0.0982. The number of aryl methyl sites for hydroxylation is 1. The number of methoxy groups -OCH3 is 1. The molecule has 238 valence electrons. The van der Waals surface area contributed by atoms with E-state index >= 15 is 0 Å². The van der Waals surface area contributed by atoms with Gasteiger partial charge < -0.3 is 29.5 Å². The molecule has 2 N–H and O–H groups in total. The minimum atomic E-state index is 0.495. The van der Waals surface area contributed by atoms with Crippen molar-refractivity contribution in [2.24, 2.45) is 0 Å². The topological polar surface area (TPSA) is 97.8 Å². The maximum Gasteiger partial charge on any atom is 0.229 e. The molecule has 0 bridgehead atoms. The molecule has 12 heteroatoms. The highest BCUT2D eigenvalue weighted by Gasteiger charge is 2.27. The summed E-state index contributed by atoms with van der Waals surface area (Å²) in [7, 11) is 5.96. The number of rotatable bonds is 10. The summed E-state index contributed by atoms with van der Waals surface area (Å²) >= 11 is 1.61. The zero-order valence-corrected chi connectivity index (χ0v) is 27.8. The van der Waals surface area contributed by atoms with Crippen molar-refractivity contribution in [3.8, 4) is 5.75 Å². The Hall–Kier alpha value is -3.87. The Kier molecular flexibility index (Phi) is 9.72. The normalized spacial score (nSPS) is 16.6. The predicted octanol–water partition coefficient (Wildman–Crippen LogP) is 5.41. The molecule has 2 saturated heterocycles. The molecule has 0 atom stereocenters. The standard InChI is InChI=1S/C33H44N10OS/c1-6-23-22-36-33(39-32(23)37-28-10-9-27-30(35-14-13-34-27)31(28)41(3)45-5)38-26-8-7-25(21-29(26)44-4)42-15-11-24(12-16-42)43-19-17-40(2)18-20-43/h7-10,13-14,21-22,24H,6,11-12,15-20H2,1-5H3,(H2,36,37,38,39). The fourth-order valence-corrected chi connectivity index (χ4v) is 6.64. The van der Waals surface area contributed by atoms with Crippen molar-refractivity contribution in [2.75, 3.05) is 86.6 Å². The molecule has 4 aromatic rings. The van der Waals surface area contributed by atoms with Gasteiger partial charge in [-0.2, -0.15) is 4.98 Å². The summed E-state index contributed by atoms with van der Waals surface area (Å²) < 4.78 is 7.94. The largest absolute Gasteiger partial charge is 0.494 e. The summed E-state index contributed by atoms with van der Waals surface area (Å²) in [5, 5.41) is 6.99. The van der Waals surface area contributed by atoms with Crippen LogP contribution in [-0.4, -0.2) is 103 Å². The van der Waals surface area contributed by atoms with E-state index in [0.717, 1.165) is 64.7 Å². The number of piperidine rings is 1. The van der Waals surface area contributed by atoms with E-state index in [1.165, 1.54) is 44.7 Å². The number of ether oxygens (including phenoxy) is 1. The fourth-order valence-electron chi connectivity index (χ4n) is 6.27. The summed E-state index contributed by atoms with van der Waals surface area (Å²) in [5.74, 6) is 2.00. The van der Waals surface area contributed by atoms with Crippen molar-refractivity contribution in [2.45, 2.75) is 32.2 Å². The number of hydrogen-bond acceptors (Lipinski definition) is 12. The molecule has 0 spiro atoms. The van der Waals surface area contributed by atoms with Gasteiger partial charge in [-0.05, 0) is 50.6 Å². The fraction of sp³-hybridized carbons (Fsp3) is 0.455. The van der Waals surface area contributed by atoms with Crippen LogP contribution in [-0.2, 0) is 6.42 Å². The maximum atomic E-state index is 5.85. The molecular formula is C33H44N10OS. The van der Waals surface area contributed by atoms with E-state index in [-0.39, 0.29) is 0 Å². The number of aromatic nitrogens is 4. The SMILES string of the molecule is CCc1cnc(Nc2ccc(N3CCC(N4CCN(C)CC4)CC3)cc2OC)nc1Nc1ccc2nccnc2c1N(C)SC. The first kappa shape index (κ1) is 31.1. The monoisotopic (exact) mass is 628 g/mol. The Bertz CT molecular complexity index is 1600. The number of piperazine rings is 1. The second-order valence-corrected chi connectivity index (χ2v) is 12.6. The minimum absolute atomic E-state index is 0.495. The highest BCUT2D eigenvalue weighted by molar-refractivity contribution is 7.99. The molecule has 6 rings (SSSR count). The van der Waals surface area contributed by atoms with Gasteiger partial charge in [-0.25, -0.2) is 4.98 Å². The van der Waals surface area contributed by atoms with Crippen LogP contribution in [0.1, 0.15) is 25.3 Å². The van der Waals surface area contributed by atoms with Crippen molar-refractivity contribution >= 4 is 57.5 Å². The molecule has 0 radical (unpaired) electrons. The lowest BCUT2D eigenvalue weighted by Crippen LogP contribution is -2.52. The Balaban J connectivity index is 1.19. The van der Waals surface area contributed by atoms with Crippen LogP contribution in [0.25, 0.3) is 11.0 Å². The van der Waals surface area contributed by atoms with Gasteiger partial charge in [-0.15, -0.1) is 0 Å². The Morgan fingerprint density at radius 2 is 1.71 bits per heavy atom. The summed E-state index contributed by atoms with van der Waals surface area (Å²) in [6, 6.07) is 11.1. The van der Waals surface area contributed by atoms with Crippen molar-refractivity contribution in [3.05, 3.63) is 54.5 Å². The van der Waals surface area contributed by atoms with E-state index in [1.54, 1.807) is 31.5 Å². The first-order chi connectivity index (χ1) is 22.0. The van der Waals surface area contributed by atoms with Gasteiger partial charge in [0, 0.05) is 94.5 Å². The molecule has 2 aliphatic heterocycles. The van der Waals surface area contributed by atoms with Crippen LogP contribution in [0.15, 0.2) is 48.9 Å². The average Bonchev–Trinajstić information content (AvgIpc) is 3.08. The lowest BCUT2D eigenvalue weighted by atomic mass is 10.0. The van der Waals surface area contributed by atoms with Crippen LogP contribution >= 0.6 is 11.9 Å². The number of hydrogen-bond donors (Lipinski definition) is 2. The van der Waals surface area contributed by atoms with Gasteiger partial charge in [0.1, 0.15) is 17.1 Å². The molecule has 0 amide bonds. The van der Waals surface area contributed by atoms with Crippen LogP contribution in [0, 0.1) is 0 Å². The zero-order valence-electron chi connectivity index (χ0n) is 27.0. The summed E-state index contributed by atoms with van der Waals surface area (Å²) in [4.78, 5) is 26.3. The molecule has 2 fully saturated rings. The second kappa shape index (κ2) is 14.1. The Labute approximate surface area is 270 Å². The third-order valence-electron chi connectivity index (χ3n) is 9.02. The quantitative estimate of drug-likeness (QED) is 0.220. The van der Waals surface area contributed by atoms with Crippen molar-refractivity contribution in [1.82, 2.24) is 29.7 Å². The predicted molar refractivity (Wildman–Crippen MR) is 187 cm³/mol. The molecule has 0 unspecified atom stereocenters. The first-order valence-electron chi connectivity index (χ1n) is 15.7. The molecule has 0 aliphatic carbocycles. The van der Waals surface area contributed by atoms with Gasteiger partial charge in [0.05, 0.1) is 29.7 Å². The zero-order chi connectivity index (χ0) is 31.3. The van der Waals surface area contributed by atoms with Gasteiger partial charge >= 0.3 is 0 Å². The Morgan fingerprint density at radius 1 is 0.956 bits per heavy atom. The third-order valence-corrected chi connectivity index (χ3v) is 9.75. The summed E-state index contributed by atoms with van der Waals surface area (Å²) in [5.41, 5.74) is 6.55. The number of likely N-dealkylation sites (N-methyl/N-ethyl adjacent to an activating group) is 1. The van der Waals surface area contributed by atoms with Crippen LogP contribution in [0.3, 0.4) is 0 Å². The van der Waals surface area contributed by atoms with E-state index in [0.29, 0.717) is 12.0 Å². The molecule has 4 heterocycles. The van der Waals surface area contributed by atoms with E-state index in [2.05, 4.69) is 76.8 Å². The average molecular weight is 629 g/mol. The van der Waals surface area contributed by atoms with Crippen LogP contribution < -0.4 is 24.6 Å². The van der Waals surface area contributed by atoms with Crippen molar-refractivity contribution < 1.29 is 4.74 Å². The molecule has 2 aromatic heterocycles. The van der Waals surface area contributed by atoms with Crippen LogP contribution in [0.4, 0.5) is 34.5 Å².